The van der Waals surface area contributed by atoms with E-state index in [2.05, 4.69) is 36.0 Å². The van der Waals surface area contributed by atoms with E-state index >= 15 is 0 Å². The zero-order chi connectivity index (χ0) is 13.1. The largest absolute Gasteiger partial charge is 0.408 e. The molecule has 18 heavy (non-hydrogen) atoms. The van der Waals surface area contributed by atoms with Crippen molar-refractivity contribution >= 4 is 35.3 Å². The summed E-state index contributed by atoms with van der Waals surface area (Å²) in [7, 11) is 0. The van der Waals surface area contributed by atoms with E-state index in [1.54, 1.807) is 11.3 Å². The highest BCUT2D eigenvalue weighted by Crippen LogP contribution is 2.31. The lowest BCUT2D eigenvalue weighted by atomic mass is 10.3. The molecular formula is C11H15N3OS3. The zero-order valence-corrected chi connectivity index (χ0v) is 13.0. The first kappa shape index (κ1) is 13.8. The van der Waals surface area contributed by atoms with Gasteiger partial charge in [-0.1, -0.05) is 20.8 Å². The first-order valence-corrected chi connectivity index (χ1v) is 8.03. The van der Waals surface area contributed by atoms with Gasteiger partial charge in [0, 0.05) is 5.75 Å². The second-order valence-electron chi connectivity index (χ2n) is 4.02. The molecule has 1 N–H and O–H groups in total. The highest BCUT2D eigenvalue weighted by molar-refractivity contribution is 7.99. The predicted octanol–water partition coefficient (Wildman–Crippen LogP) is 4.06. The van der Waals surface area contributed by atoms with Crippen LogP contribution in [0.1, 0.15) is 31.5 Å². The number of aryl methyl sites for hydroxylation is 1. The average Bonchev–Trinajstić information content (AvgIpc) is 2.92. The fraction of sp³-hybridized carbons (Fsp3) is 0.545. The van der Waals surface area contributed by atoms with Crippen LogP contribution >= 0.6 is 35.3 Å². The molecule has 0 aliphatic heterocycles. The van der Waals surface area contributed by atoms with Gasteiger partial charge < -0.3 is 4.42 Å². The molecule has 0 radical (unpaired) electrons. The summed E-state index contributed by atoms with van der Waals surface area (Å²) in [6.07, 6.45) is 0.868. The van der Waals surface area contributed by atoms with Crippen molar-refractivity contribution in [3.63, 3.8) is 0 Å². The van der Waals surface area contributed by atoms with Gasteiger partial charge in [0.1, 0.15) is 9.88 Å². The van der Waals surface area contributed by atoms with Crippen LogP contribution in [0.3, 0.4) is 0 Å². The summed E-state index contributed by atoms with van der Waals surface area (Å²) in [6.45, 7) is 6.46. The number of H-pyrrole nitrogens is 1. The van der Waals surface area contributed by atoms with E-state index in [4.69, 9.17) is 16.6 Å². The van der Waals surface area contributed by atoms with Gasteiger partial charge in [-0.3, -0.25) is 0 Å². The van der Waals surface area contributed by atoms with E-state index in [0.717, 1.165) is 27.8 Å². The number of aromatic nitrogens is 3. The van der Waals surface area contributed by atoms with Crippen LogP contribution in [-0.2, 0) is 12.2 Å². The molecule has 0 bridgehead atoms. The molecular weight excluding hydrogens is 286 g/mol. The molecule has 2 rings (SSSR count). The van der Waals surface area contributed by atoms with Crippen molar-refractivity contribution in [2.75, 3.05) is 0 Å². The molecule has 0 unspecified atom stereocenters. The number of nitrogens with zero attached hydrogens (tertiary/aromatic N) is 2. The minimum Gasteiger partial charge on any atom is -0.408 e. The van der Waals surface area contributed by atoms with Crippen molar-refractivity contribution in [1.29, 1.82) is 0 Å². The van der Waals surface area contributed by atoms with Crippen LogP contribution in [-0.4, -0.2) is 20.4 Å². The molecule has 2 heterocycles. The third kappa shape index (κ3) is 3.21. The Kier molecular flexibility index (Phi) is 4.58. The molecule has 0 atom stereocenters. The molecule has 0 aliphatic rings. The second-order valence-corrected chi connectivity index (χ2v) is 7.03. The quantitative estimate of drug-likeness (QED) is 0.844. The van der Waals surface area contributed by atoms with E-state index < -0.39 is 0 Å². The molecule has 0 saturated heterocycles. The molecule has 0 saturated carbocycles. The maximum Gasteiger partial charge on any atom is 0.284 e. The molecule has 2 aromatic heterocycles. The van der Waals surface area contributed by atoms with Gasteiger partial charge in [-0.15, -0.1) is 16.4 Å². The Morgan fingerprint density at radius 3 is 2.83 bits per heavy atom. The SMILES string of the molecule is CCc1nc(CSC(C)C)sc1-c1n[nH]c(=S)o1. The highest BCUT2D eigenvalue weighted by Gasteiger charge is 2.16. The third-order valence-electron chi connectivity index (χ3n) is 2.25. The van der Waals surface area contributed by atoms with Crippen molar-refractivity contribution in [3.05, 3.63) is 15.5 Å². The van der Waals surface area contributed by atoms with Crippen molar-refractivity contribution in [3.8, 4) is 10.8 Å². The van der Waals surface area contributed by atoms with Gasteiger partial charge >= 0.3 is 0 Å². The lowest BCUT2D eigenvalue weighted by Gasteiger charge is -2.00. The van der Waals surface area contributed by atoms with Gasteiger partial charge in [-0.2, -0.15) is 11.8 Å². The number of rotatable bonds is 5. The minimum atomic E-state index is 0.304. The Bertz CT molecular complexity index is 570. The van der Waals surface area contributed by atoms with Crippen molar-refractivity contribution in [2.45, 2.75) is 38.2 Å². The lowest BCUT2D eigenvalue weighted by molar-refractivity contribution is 0.552. The molecule has 0 amide bonds. The number of nitrogens with one attached hydrogen (secondary N) is 1. The molecule has 7 heteroatoms. The first-order valence-electron chi connectivity index (χ1n) is 5.76. The molecule has 0 aliphatic carbocycles. The van der Waals surface area contributed by atoms with E-state index in [1.165, 1.54) is 0 Å². The minimum absolute atomic E-state index is 0.304. The Morgan fingerprint density at radius 1 is 1.50 bits per heavy atom. The van der Waals surface area contributed by atoms with Gasteiger partial charge in [0.15, 0.2) is 0 Å². The molecule has 4 nitrogen and oxygen atoms in total. The zero-order valence-electron chi connectivity index (χ0n) is 10.5. The number of hydrogen-bond donors (Lipinski definition) is 1. The molecule has 2 aromatic rings. The first-order chi connectivity index (χ1) is 8.60. The smallest absolute Gasteiger partial charge is 0.284 e. The van der Waals surface area contributed by atoms with Crippen LogP contribution in [0.2, 0.25) is 0 Å². The monoisotopic (exact) mass is 301 g/mol. The van der Waals surface area contributed by atoms with Gasteiger partial charge in [0.05, 0.1) is 5.69 Å². The van der Waals surface area contributed by atoms with Crippen LogP contribution in [0.15, 0.2) is 4.42 Å². The van der Waals surface area contributed by atoms with E-state index in [9.17, 15) is 0 Å². The number of hydrogen-bond acceptors (Lipinski definition) is 6. The Hall–Kier alpha value is -0.660. The van der Waals surface area contributed by atoms with Crippen LogP contribution in [0.4, 0.5) is 0 Å². The van der Waals surface area contributed by atoms with Crippen molar-refractivity contribution < 1.29 is 4.42 Å². The fourth-order valence-electron chi connectivity index (χ4n) is 1.43. The van der Waals surface area contributed by atoms with Crippen LogP contribution in [0.5, 0.6) is 0 Å². The molecule has 0 aromatic carbocycles. The third-order valence-corrected chi connectivity index (χ3v) is 4.80. The molecule has 0 spiro atoms. The average molecular weight is 301 g/mol. The number of aromatic amines is 1. The van der Waals surface area contributed by atoms with Gasteiger partial charge in [0.25, 0.3) is 10.7 Å². The van der Waals surface area contributed by atoms with E-state index in [-0.39, 0.29) is 0 Å². The fourth-order valence-corrected chi connectivity index (χ4v) is 3.41. The molecule has 98 valence electrons. The Balaban J connectivity index is 2.27. The van der Waals surface area contributed by atoms with Crippen molar-refractivity contribution in [2.24, 2.45) is 0 Å². The highest BCUT2D eigenvalue weighted by atomic mass is 32.2. The number of thiazole rings is 1. The normalized spacial score (nSPS) is 11.3. The summed E-state index contributed by atoms with van der Waals surface area (Å²) in [6, 6.07) is 0. The summed E-state index contributed by atoms with van der Waals surface area (Å²) < 4.78 is 5.36. The summed E-state index contributed by atoms with van der Waals surface area (Å²) in [4.78, 5) is 5.93. The van der Waals surface area contributed by atoms with Crippen LogP contribution in [0.25, 0.3) is 10.8 Å². The topological polar surface area (TPSA) is 54.7 Å². The summed E-state index contributed by atoms with van der Waals surface area (Å²) in [5, 5.41) is 8.44. The Morgan fingerprint density at radius 2 is 2.28 bits per heavy atom. The summed E-state index contributed by atoms with van der Waals surface area (Å²) >= 11 is 8.42. The van der Waals surface area contributed by atoms with Gasteiger partial charge in [0.2, 0.25) is 0 Å². The predicted molar refractivity (Wildman–Crippen MR) is 78.6 cm³/mol. The Labute approximate surface area is 119 Å². The van der Waals surface area contributed by atoms with Crippen molar-refractivity contribution in [1.82, 2.24) is 15.2 Å². The van der Waals surface area contributed by atoms with Gasteiger partial charge in [-0.05, 0) is 23.9 Å². The number of thioether (sulfide) groups is 1. The van der Waals surface area contributed by atoms with Gasteiger partial charge in [-0.25, -0.2) is 10.1 Å². The van der Waals surface area contributed by atoms with Crippen LogP contribution in [0, 0.1) is 4.84 Å². The standard InChI is InChI=1S/C11H15N3OS3/c1-4-7-9(10-13-14-11(16)15-10)18-8(12-7)5-17-6(2)3/h6H,4-5H2,1-3H3,(H,14,16). The maximum absolute atomic E-state index is 5.36. The van der Waals surface area contributed by atoms with E-state index in [0.29, 0.717) is 16.0 Å². The summed E-state index contributed by atoms with van der Waals surface area (Å²) in [5.41, 5.74) is 1.03. The maximum atomic E-state index is 5.36. The summed E-state index contributed by atoms with van der Waals surface area (Å²) in [5.74, 6) is 1.48. The lowest BCUT2D eigenvalue weighted by Crippen LogP contribution is -1.89. The van der Waals surface area contributed by atoms with Crippen LogP contribution < -0.4 is 0 Å². The van der Waals surface area contributed by atoms with E-state index in [1.807, 2.05) is 11.8 Å². The second kappa shape index (κ2) is 5.99. The molecule has 0 fully saturated rings.